The third-order valence-corrected chi connectivity index (χ3v) is 4.66. The van der Waals surface area contributed by atoms with Gasteiger partial charge in [-0.15, -0.1) is 6.58 Å². The normalized spacial score (nSPS) is 15.6. The lowest BCUT2D eigenvalue weighted by Crippen LogP contribution is -2.55. The quantitative estimate of drug-likeness (QED) is 0.372. The Kier molecular flexibility index (Phi) is 11.1. The van der Waals surface area contributed by atoms with Crippen molar-refractivity contribution in [2.24, 2.45) is 4.99 Å². The molecule has 3 rings (SSSR count). The zero-order chi connectivity index (χ0) is 26.8. The highest BCUT2D eigenvalue weighted by molar-refractivity contribution is 6.11. The Labute approximate surface area is 200 Å². The molecule has 0 spiro atoms. The van der Waals surface area contributed by atoms with Crippen molar-refractivity contribution >= 4 is 17.6 Å². The largest absolute Gasteiger partial charge is 0.501 e. The maximum Gasteiger partial charge on any atom is 0.416 e. The number of carbonyl (C=O) groups is 2. The molecule has 35 heavy (non-hydrogen) atoms. The van der Waals surface area contributed by atoms with Gasteiger partial charge in [0, 0.05) is 19.7 Å². The predicted octanol–water partition coefficient (Wildman–Crippen LogP) is 4.20. The Morgan fingerprint density at radius 1 is 1.20 bits per heavy atom. The third-order valence-electron chi connectivity index (χ3n) is 4.66. The average molecular weight is 497 g/mol. The summed E-state index contributed by atoms with van der Waals surface area (Å²) in [6.07, 6.45) is 0.176. The fourth-order valence-electron chi connectivity index (χ4n) is 3.01. The highest BCUT2D eigenvalue weighted by atomic mass is 19.4. The molecule has 7 nitrogen and oxygen atoms in total. The number of hydrogen-bond acceptors (Lipinski definition) is 5. The number of aryl methyl sites for hydroxylation is 1. The number of aliphatic imine (C=N–C) groups is 1. The number of amides is 2. The first kappa shape index (κ1) is 29.3. The van der Waals surface area contributed by atoms with Crippen molar-refractivity contribution in [2.75, 3.05) is 20.2 Å². The SMILES string of the molecule is C=CCC.CO.Cc1cc(CN2CC(=O)N(C3=NC=C=C(O)C=C3F)CC2=O)ccc1C(F)(F)F. The van der Waals surface area contributed by atoms with Crippen LogP contribution in [0.3, 0.4) is 0 Å². The number of nitrogens with zero attached hydrogens (tertiary/aromatic N) is 3. The van der Waals surface area contributed by atoms with Crippen molar-refractivity contribution in [2.45, 2.75) is 33.0 Å². The molecule has 0 radical (unpaired) electrons. The Morgan fingerprint density at radius 3 is 2.37 bits per heavy atom. The first-order chi connectivity index (χ1) is 16.5. The van der Waals surface area contributed by atoms with E-state index < -0.39 is 54.1 Å². The van der Waals surface area contributed by atoms with Crippen LogP contribution >= 0.6 is 0 Å². The van der Waals surface area contributed by atoms with Crippen molar-refractivity contribution in [3.63, 3.8) is 0 Å². The molecule has 0 saturated carbocycles. The monoisotopic (exact) mass is 497 g/mol. The highest BCUT2D eigenvalue weighted by Gasteiger charge is 2.35. The second kappa shape index (κ2) is 13.3. The number of aliphatic hydroxyl groups excluding tert-OH is 2. The van der Waals surface area contributed by atoms with Crippen molar-refractivity contribution in [1.29, 1.82) is 0 Å². The van der Waals surface area contributed by atoms with Gasteiger partial charge in [0.05, 0.1) is 11.8 Å². The van der Waals surface area contributed by atoms with Gasteiger partial charge in [-0.05, 0) is 30.5 Å². The van der Waals surface area contributed by atoms with Crippen LogP contribution in [-0.4, -0.2) is 57.9 Å². The summed E-state index contributed by atoms with van der Waals surface area (Å²) in [6.45, 7) is 5.90. The molecule has 0 aliphatic carbocycles. The van der Waals surface area contributed by atoms with Gasteiger partial charge in [0.2, 0.25) is 11.8 Å². The van der Waals surface area contributed by atoms with Gasteiger partial charge in [-0.2, -0.15) is 13.2 Å². The van der Waals surface area contributed by atoms with Crippen LogP contribution in [0.15, 0.2) is 65.4 Å². The van der Waals surface area contributed by atoms with Gasteiger partial charge in [-0.25, -0.2) is 9.38 Å². The first-order valence-electron chi connectivity index (χ1n) is 10.4. The number of amidine groups is 1. The van der Waals surface area contributed by atoms with E-state index in [2.05, 4.69) is 24.2 Å². The van der Waals surface area contributed by atoms with Crippen LogP contribution in [0.1, 0.15) is 30.0 Å². The van der Waals surface area contributed by atoms with Gasteiger partial charge < -0.3 is 15.1 Å². The van der Waals surface area contributed by atoms with E-state index in [9.17, 15) is 32.3 Å². The van der Waals surface area contributed by atoms with Gasteiger partial charge in [0.15, 0.2) is 17.4 Å². The Bertz CT molecular complexity index is 1070. The van der Waals surface area contributed by atoms with Crippen LogP contribution in [0.5, 0.6) is 0 Å². The smallest absolute Gasteiger partial charge is 0.416 e. The second-order valence-electron chi connectivity index (χ2n) is 7.18. The molecule has 1 aromatic rings. The molecular formula is C24H27F4N3O4. The number of allylic oxidation sites excluding steroid dienone is 2. The summed E-state index contributed by atoms with van der Waals surface area (Å²) in [5.41, 5.74) is 1.93. The topological polar surface area (TPSA) is 93.4 Å². The number of hydrogen-bond donors (Lipinski definition) is 2. The molecule has 0 bridgehead atoms. The minimum atomic E-state index is -4.48. The third kappa shape index (κ3) is 8.24. The van der Waals surface area contributed by atoms with Crippen LogP contribution in [0.4, 0.5) is 17.6 Å². The molecule has 1 saturated heterocycles. The van der Waals surface area contributed by atoms with Crippen LogP contribution in [0.25, 0.3) is 0 Å². The summed E-state index contributed by atoms with van der Waals surface area (Å²) < 4.78 is 52.8. The van der Waals surface area contributed by atoms with Gasteiger partial charge in [-0.1, -0.05) is 30.9 Å². The molecule has 1 aromatic carbocycles. The van der Waals surface area contributed by atoms with Crippen molar-refractivity contribution in [3.8, 4) is 0 Å². The molecule has 1 fully saturated rings. The zero-order valence-electron chi connectivity index (χ0n) is 19.6. The van der Waals surface area contributed by atoms with E-state index in [-0.39, 0.29) is 12.1 Å². The van der Waals surface area contributed by atoms with E-state index in [0.717, 1.165) is 36.8 Å². The molecule has 0 atom stereocenters. The number of aliphatic hydroxyl groups is 2. The van der Waals surface area contributed by atoms with Crippen LogP contribution in [0, 0.1) is 6.92 Å². The van der Waals surface area contributed by atoms with Crippen molar-refractivity contribution in [3.05, 3.63) is 77.1 Å². The molecule has 190 valence electrons. The number of benzene rings is 1. The summed E-state index contributed by atoms with van der Waals surface area (Å²) in [7, 11) is 1.00. The minimum absolute atomic E-state index is 0.00604. The van der Waals surface area contributed by atoms with Gasteiger partial charge in [0.25, 0.3) is 0 Å². The average Bonchev–Trinajstić information content (AvgIpc) is 2.96. The number of piperazine rings is 1. The van der Waals surface area contributed by atoms with E-state index in [0.29, 0.717) is 5.56 Å². The maximum absolute atomic E-state index is 14.1. The Morgan fingerprint density at radius 2 is 1.83 bits per heavy atom. The predicted molar refractivity (Wildman–Crippen MR) is 123 cm³/mol. The van der Waals surface area contributed by atoms with Gasteiger partial charge >= 0.3 is 6.18 Å². The molecule has 2 N–H and O–H groups in total. The molecule has 2 amide bonds. The number of halogens is 4. The molecule has 0 unspecified atom stereocenters. The van der Waals surface area contributed by atoms with E-state index in [4.69, 9.17) is 5.11 Å². The van der Waals surface area contributed by atoms with Crippen LogP contribution < -0.4 is 0 Å². The first-order valence-corrected chi connectivity index (χ1v) is 10.4. The summed E-state index contributed by atoms with van der Waals surface area (Å²) in [5.74, 6) is -3.09. The van der Waals surface area contributed by atoms with Crippen LogP contribution in [0.2, 0.25) is 0 Å². The summed E-state index contributed by atoms with van der Waals surface area (Å²) in [5, 5.41) is 16.3. The second-order valence-corrected chi connectivity index (χ2v) is 7.18. The van der Waals surface area contributed by atoms with Crippen molar-refractivity contribution < 1.29 is 37.4 Å². The van der Waals surface area contributed by atoms with Gasteiger partial charge in [0.1, 0.15) is 13.1 Å². The zero-order valence-corrected chi connectivity index (χ0v) is 19.6. The lowest BCUT2D eigenvalue weighted by atomic mass is 10.0. The molecule has 11 heteroatoms. The summed E-state index contributed by atoms with van der Waals surface area (Å²) in [6, 6.07) is 3.49. The van der Waals surface area contributed by atoms with E-state index >= 15 is 0 Å². The molecule has 2 heterocycles. The van der Waals surface area contributed by atoms with E-state index in [1.807, 2.05) is 6.08 Å². The Hall–Kier alpha value is -3.69. The number of alkyl halides is 3. The molecule has 0 aromatic heterocycles. The van der Waals surface area contributed by atoms with E-state index in [1.165, 1.54) is 24.0 Å². The van der Waals surface area contributed by atoms with Gasteiger partial charge in [-0.3, -0.25) is 14.5 Å². The lowest BCUT2D eigenvalue weighted by molar-refractivity contribution is -0.147. The fourth-order valence-corrected chi connectivity index (χ4v) is 3.01. The standard InChI is InChI=1S/C19H15F4N3O3.C4H8.CH4O/c1-11-6-12(2-3-14(11)19(21,22)23)8-25-9-17(29)26(10-16(25)28)18-15(20)7-13(27)4-5-24-18;1-3-4-2;1-2/h2-3,5-7,27H,8-10H2,1H3;3H,1,4H2,2H3;2H,1H3. The highest BCUT2D eigenvalue weighted by Crippen LogP contribution is 2.32. The van der Waals surface area contributed by atoms with Crippen LogP contribution in [-0.2, 0) is 22.3 Å². The minimum Gasteiger partial charge on any atom is -0.501 e. The number of rotatable bonds is 3. The summed E-state index contributed by atoms with van der Waals surface area (Å²) >= 11 is 0. The van der Waals surface area contributed by atoms with Crippen molar-refractivity contribution in [1.82, 2.24) is 9.80 Å². The lowest BCUT2D eigenvalue weighted by Gasteiger charge is -2.34. The fraction of sp³-hybridized carbons (Fsp3) is 0.333. The number of carbonyl (C=O) groups excluding carboxylic acids is 2. The maximum atomic E-state index is 14.1. The molecular weight excluding hydrogens is 470 g/mol. The Balaban J connectivity index is 0.000000926. The molecule has 2 aliphatic rings. The van der Waals surface area contributed by atoms with E-state index in [1.54, 1.807) is 0 Å². The molecule has 2 aliphatic heterocycles. The summed E-state index contributed by atoms with van der Waals surface area (Å²) in [4.78, 5) is 30.6.